The van der Waals surface area contributed by atoms with E-state index in [-0.39, 0.29) is 5.82 Å². The summed E-state index contributed by atoms with van der Waals surface area (Å²) in [4.78, 5) is 0. The highest BCUT2D eigenvalue weighted by Crippen LogP contribution is 2.02. The fraction of sp³-hybridized carbons (Fsp3) is 0.400. The summed E-state index contributed by atoms with van der Waals surface area (Å²) in [6, 6.07) is 6.62. The van der Waals surface area contributed by atoms with Gasteiger partial charge >= 0.3 is 0 Å². The fourth-order valence-corrected chi connectivity index (χ4v) is 1.10. The highest BCUT2D eigenvalue weighted by molar-refractivity contribution is 5.16. The molecule has 0 atom stereocenters. The van der Waals surface area contributed by atoms with Crippen molar-refractivity contribution in [1.82, 2.24) is 10.6 Å². The molecule has 0 aliphatic rings. The Hall–Kier alpha value is -0.930. The third kappa shape index (κ3) is 4.01. The van der Waals surface area contributed by atoms with Crippen LogP contribution in [0.4, 0.5) is 4.39 Å². The Balaban J connectivity index is 2.25. The van der Waals surface area contributed by atoms with Crippen molar-refractivity contribution in [3.63, 3.8) is 0 Å². The lowest BCUT2D eigenvalue weighted by atomic mass is 10.1. The molecule has 0 aliphatic carbocycles. The van der Waals surface area contributed by atoms with Crippen LogP contribution in [0.1, 0.15) is 5.56 Å². The topological polar surface area (TPSA) is 24.1 Å². The molecule has 0 heterocycles. The first-order valence-electron chi connectivity index (χ1n) is 4.42. The van der Waals surface area contributed by atoms with E-state index in [0.29, 0.717) is 0 Å². The number of halogens is 1. The fourth-order valence-electron chi connectivity index (χ4n) is 1.10. The summed E-state index contributed by atoms with van der Waals surface area (Å²) in [5.74, 6) is -0.174. The van der Waals surface area contributed by atoms with Crippen molar-refractivity contribution < 1.29 is 4.39 Å². The predicted octanol–water partition coefficient (Wildman–Crippen LogP) is 1.13. The van der Waals surface area contributed by atoms with E-state index in [4.69, 9.17) is 0 Å². The van der Waals surface area contributed by atoms with Crippen LogP contribution in [0, 0.1) is 5.82 Å². The smallest absolute Gasteiger partial charge is 0.123 e. The van der Waals surface area contributed by atoms with Gasteiger partial charge < -0.3 is 10.6 Å². The number of hydrogen-bond acceptors (Lipinski definition) is 2. The standard InChI is InChI=1S/C10H15FN2/c1-12-8-13-7-6-9-2-4-10(11)5-3-9/h2-5,12-13H,6-8H2,1H3. The molecule has 72 valence electrons. The van der Waals surface area contributed by atoms with Crippen LogP contribution in [0.15, 0.2) is 24.3 Å². The van der Waals surface area contributed by atoms with Crippen LogP contribution in [0.25, 0.3) is 0 Å². The van der Waals surface area contributed by atoms with Crippen LogP contribution in [0.3, 0.4) is 0 Å². The van der Waals surface area contributed by atoms with Crippen molar-refractivity contribution in [1.29, 1.82) is 0 Å². The summed E-state index contributed by atoms with van der Waals surface area (Å²) in [6.45, 7) is 1.72. The van der Waals surface area contributed by atoms with Crippen molar-refractivity contribution >= 4 is 0 Å². The first-order chi connectivity index (χ1) is 6.33. The maximum atomic E-state index is 12.5. The molecule has 0 fully saturated rings. The zero-order valence-corrected chi connectivity index (χ0v) is 7.81. The summed E-state index contributed by atoms with van der Waals surface area (Å²) in [6.07, 6.45) is 0.932. The molecule has 0 radical (unpaired) electrons. The van der Waals surface area contributed by atoms with E-state index in [9.17, 15) is 4.39 Å². The molecular weight excluding hydrogens is 167 g/mol. The van der Waals surface area contributed by atoms with Gasteiger partial charge in [0.15, 0.2) is 0 Å². The highest BCUT2D eigenvalue weighted by atomic mass is 19.1. The Kier molecular flexibility index (Phi) is 4.43. The summed E-state index contributed by atoms with van der Waals surface area (Å²) < 4.78 is 12.5. The second-order valence-corrected chi connectivity index (χ2v) is 2.91. The normalized spacial score (nSPS) is 10.3. The van der Waals surface area contributed by atoms with E-state index >= 15 is 0 Å². The summed E-state index contributed by atoms with van der Waals surface area (Å²) in [5, 5.41) is 6.19. The van der Waals surface area contributed by atoms with E-state index in [1.165, 1.54) is 12.1 Å². The van der Waals surface area contributed by atoms with Gasteiger partial charge in [-0.3, -0.25) is 0 Å². The quantitative estimate of drug-likeness (QED) is 0.527. The van der Waals surface area contributed by atoms with Crippen LogP contribution >= 0.6 is 0 Å². The molecule has 0 aliphatic heterocycles. The molecule has 1 aromatic carbocycles. The largest absolute Gasteiger partial charge is 0.308 e. The molecule has 0 spiro atoms. The number of nitrogens with one attached hydrogen (secondary N) is 2. The molecule has 0 saturated heterocycles. The molecular formula is C10H15FN2. The average Bonchev–Trinajstić information content (AvgIpc) is 2.15. The Bertz CT molecular complexity index is 233. The van der Waals surface area contributed by atoms with Gasteiger partial charge in [0.2, 0.25) is 0 Å². The zero-order valence-electron chi connectivity index (χ0n) is 7.81. The molecule has 0 unspecified atom stereocenters. The monoisotopic (exact) mass is 182 g/mol. The summed E-state index contributed by atoms with van der Waals surface area (Å²) in [5.41, 5.74) is 1.16. The van der Waals surface area contributed by atoms with Crippen LogP contribution in [0.2, 0.25) is 0 Å². The van der Waals surface area contributed by atoms with E-state index in [1.54, 1.807) is 0 Å². The van der Waals surface area contributed by atoms with Gasteiger partial charge in [-0.2, -0.15) is 0 Å². The third-order valence-electron chi connectivity index (χ3n) is 1.81. The van der Waals surface area contributed by atoms with Gasteiger partial charge in [0.25, 0.3) is 0 Å². The van der Waals surface area contributed by atoms with Gasteiger partial charge in [-0.15, -0.1) is 0 Å². The van der Waals surface area contributed by atoms with Crippen LogP contribution < -0.4 is 10.6 Å². The van der Waals surface area contributed by atoms with Gasteiger partial charge in [-0.1, -0.05) is 12.1 Å². The first kappa shape index (κ1) is 10.2. The maximum absolute atomic E-state index is 12.5. The third-order valence-corrected chi connectivity index (χ3v) is 1.81. The van der Waals surface area contributed by atoms with Gasteiger partial charge in [0.1, 0.15) is 5.82 Å². The van der Waals surface area contributed by atoms with E-state index in [1.807, 2.05) is 19.2 Å². The van der Waals surface area contributed by atoms with E-state index in [2.05, 4.69) is 10.6 Å². The molecule has 2 N–H and O–H groups in total. The van der Waals surface area contributed by atoms with Gasteiger partial charge in [0.05, 0.1) is 0 Å². The number of hydrogen-bond donors (Lipinski definition) is 2. The Morgan fingerprint density at radius 3 is 2.54 bits per heavy atom. The van der Waals surface area contributed by atoms with Crippen molar-refractivity contribution in [2.75, 3.05) is 20.3 Å². The molecule has 0 bridgehead atoms. The van der Waals surface area contributed by atoms with Crippen LogP contribution in [0.5, 0.6) is 0 Å². The van der Waals surface area contributed by atoms with Crippen molar-refractivity contribution in [3.8, 4) is 0 Å². The lowest BCUT2D eigenvalue weighted by Crippen LogP contribution is -2.27. The molecule has 13 heavy (non-hydrogen) atoms. The summed E-state index contributed by atoms with van der Waals surface area (Å²) in [7, 11) is 1.89. The van der Waals surface area contributed by atoms with E-state index in [0.717, 1.165) is 25.2 Å². The highest BCUT2D eigenvalue weighted by Gasteiger charge is 1.92. The second-order valence-electron chi connectivity index (χ2n) is 2.91. The van der Waals surface area contributed by atoms with Crippen LogP contribution in [-0.2, 0) is 6.42 Å². The number of benzene rings is 1. The molecule has 1 aromatic rings. The first-order valence-corrected chi connectivity index (χ1v) is 4.42. The summed E-state index contributed by atoms with van der Waals surface area (Å²) >= 11 is 0. The molecule has 0 amide bonds. The lowest BCUT2D eigenvalue weighted by molar-refractivity contribution is 0.621. The van der Waals surface area contributed by atoms with Crippen LogP contribution in [-0.4, -0.2) is 20.3 Å². The Morgan fingerprint density at radius 1 is 1.23 bits per heavy atom. The average molecular weight is 182 g/mol. The van der Waals surface area contributed by atoms with Gasteiger partial charge in [0, 0.05) is 13.2 Å². The maximum Gasteiger partial charge on any atom is 0.123 e. The SMILES string of the molecule is CNCNCCc1ccc(F)cc1. The predicted molar refractivity (Wildman–Crippen MR) is 52.0 cm³/mol. The van der Waals surface area contributed by atoms with E-state index < -0.39 is 0 Å². The van der Waals surface area contributed by atoms with Crippen molar-refractivity contribution in [2.45, 2.75) is 6.42 Å². The van der Waals surface area contributed by atoms with Crippen molar-refractivity contribution in [3.05, 3.63) is 35.6 Å². The molecule has 2 nitrogen and oxygen atoms in total. The van der Waals surface area contributed by atoms with Crippen molar-refractivity contribution in [2.24, 2.45) is 0 Å². The molecule has 0 saturated carbocycles. The number of rotatable bonds is 5. The molecule has 0 aromatic heterocycles. The Morgan fingerprint density at radius 2 is 1.92 bits per heavy atom. The zero-order chi connectivity index (χ0) is 9.52. The molecule has 1 rings (SSSR count). The minimum Gasteiger partial charge on any atom is -0.308 e. The second kappa shape index (κ2) is 5.67. The Labute approximate surface area is 78.2 Å². The van der Waals surface area contributed by atoms with Gasteiger partial charge in [-0.25, -0.2) is 4.39 Å². The minimum absolute atomic E-state index is 0.174. The molecule has 3 heteroatoms. The van der Waals surface area contributed by atoms with Gasteiger partial charge in [-0.05, 0) is 31.2 Å². The minimum atomic E-state index is -0.174. The lowest BCUT2D eigenvalue weighted by Gasteiger charge is -2.03.